The normalized spacial score (nSPS) is 10.0. The fraction of sp³-hybridized carbons (Fsp3) is 0.500. The molecule has 9 heteroatoms. The maximum Gasteiger partial charge on any atom is 0.372 e. The molecule has 1 aromatic rings. The molecule has 1 aromatic heterocycles. The largest absolute Gasteiger partial charge is 0.480 e. The molecule has 0 aromatic carbocycles. The smallest absolute Gasteiger partial charge is 0.372 e. The third-order valence-corrected chi connectivity index (χ3v) is 2.26. The third kappa shape index (κ3) is 3.50. The van der Waals surface area contributed by atoms with Crippen LogP contribution in [-0.4, -0.2) is 46.2 Å². The number of carboxylic acid groups (broad SMARTS) is 1. The van der Waals surface area contributed by atoms with Gasteiger partial charge in [0.2, 0.25) is 5.82 Å². The van der Waals surface area contributed by atoms with Gasteiger partial charge in [-0.2, -0.15) is 4.98 Å². The molecule has 0 fully saturated rings. The van der Waals surface area contributed by atoms with E-state index in [9.17, 15) is 14.9 Å². The van der Waals surface area contributed by atoms with Gasteiger partial charge in [-0.1, -0.05) is 6.92 Å². The molecule has 0 aliphatic rings. The Morgan fingerprint density at radius 2 is 2.26 bits per heavy atom. The average molecular weight is 270 g/mol. The summed E-state index contributed by atoms with van der Waals surface area (Å²) in [6.45, 7) is 1.78. The molecule has 0 radical (unpaired) electrons. The highest BCUT2D eigenvalue weighted by Gasteiger charge is 2.28. The summed E-state index contributed by atoms with van der Waals surface area (Å²) in [7, 11) is 1.25. The van der Waals surface area contributed by atoms with Crippen LogP contribution in [0, 0.1) is 10.1 Å². The lowest BCUT2D eigenvalue weighted by Crippen LogP contribution is -2.31. The molecule has 9 nitrogen and oxygen atoms in total. The number of aliphatic carboxylic acids is 1. The van der Waals surface area contributed by atoms with Crippen LogP contribution < -0.4 is 9.64 Å². The van der Waals surface area contributed by atoms with Crippen LogP contribution in [0.3, 0.4) is 0 Å². The molecule has 104 valence electrons. The molecule has 1 N–H and O–H groups in total. The molecule has 0 bridgehead atoms. The minimum atomic E-state index is -1.10. The first-order valence-corrected chi connectivity index (χ1v) is 5.51. The molecule has 0 spiro atoms. The van der Waals surface area contributed by atoms with Crippen LogP contribution in [0.4, 0.5) is 11.5 Å². The van der Waals surface area contributed by atoms with Gasteiger partial charge in [0.25, 0.3) is 5.88 Å². The van der Waals surface area contributed by atoms with Gasteiger partial charge in [0.15, 0.2) is 0 Å². The highest BCUT2D eigenvalue weighted by Crippen LogP contribution is 2.32. The van der Waals surface area contributed by atoms with Crippen molar-refractivity contribution >= 4 is 17.5 Å². The molecule has 0 unspecified atom stereocenters. The Balaban J connectivity index is 3.28. The van der Waals surface area contributed by atoms with Crippen molar-refractivity contribution in [3.8, 4) is 5.88 Å². The van der Waals surface area contributed by atoms with E-state index in [1.54, 1.807) is 0 Å². The van der Waals surface area contributed by atoms with Crippen LogP contribution >= 0.6 is 0 Å². The van der Waals surface area contributed by atoms with Gasteiger partial charge in [0, 0.05) is 6.54 Å². The lowest BCUT2D eigenvalue weighted by atomic mass is 10.3. The van der Waals surface area contributed by atoms with Crippen molar-refractivity contribution < 1.29 is 19.6 Å². The summed E-state index contributed by atoms with van der Waals surface area (Å²) < 4.78 is 4.81. The summed E-state index contributed by atoms with van der Waals surface area (Å²) in [6, 6.07) is 0. The maximum absolute atomic E-state index is 11.1. The molecule has 0 amide bonds. The zero-order valence-corrected chi connectivity index (χ0v) is 10.6. The number of carboxylic acids is 1. The average Bonchev–Trinajstić information content (AvgIpc) is 2.36. The monoisotopic (exact) mass is 270 g/mol. The number of nitro groups is 1. The zero-order chi connectivity index (χ0) is 14.4. The Labute approximate surface area is 109 Å². The summed E-state index contributed by atoms with van der Waals surface area (Å²) in [5.41, 5.74) is -0.431. The first-order chi connectivity index (χ1) is 9.01. The number of ether oxygens (including phenoxy) is 1. The van der Waals surface area contributed by atoms with Crippen LogP contribution in [0.1, 0.15) is 13.3 Å². The van der Waals surface area contributed by atoms with E-state index < -0.39 is 16.6 Å². The number of methoxy groups -OCH3 is 1. The van der Waals surface area contributed by atoms with Crippen LogP contribution in [0.2, 0.25) is 0 Å². The van der Waals surface area contributed by atoms with Crippen molar-refractivity contribution in [2.75, 3.05) is 25.1 Å². The minimum absolute atomic E-state index is 0.0545. The van der Waals surface area contributed by atoms with Crippen molar-refractivity contribution in [2.45, 2.75) is 13.3 Å². The Kier molecular flexibility index (Phi) is 4.98. The molecule has 0 saturated carbocycles. The lowest BCUT2D eigenvalue weighted by Gasteiger charge is -2.20. The first kappa shape index (κ1) is 14.6. The predicted octanol–water partition coefficient (Wildman–Crippen LogP) is 0.694. The van der Waals surface area contributed by atoms with E-state index in [0.29, 0.717) is 13.0 Å². The molecule has 0 aliphatic carbocycles. The van der Waals surface area contributed by atoms with Gasteiger partial charge >= 0.3 is 11.7 Å². The van der Waals surface area contributed by atoms with Gasteiger partial charge in [-0.15, -0.1) is 0 Å². The van der Waals surface area contributed by atoms with Crippen molar-refractivity contribution in [1.82, 2.24) is 9.97 Å². The molecule has 0 atom stereocenters. The van der Waals surface area contributed by atoms with Gasteiger partial charge in [-0.3, -0.25) is 14.9 Å². The highest BCUT2D eigenvalue weighted by molar-refractivity contribution is 5.75. The van der Waals surface area contributed by atoms with E-state index in [4.69, 9.17) is 9.84 Å². The molecule has 1 rings (SSSR count). The summed E-state index contributed by atoms with van der Waals surface area (Å²) in [4.78, 5) is 30.0. The number of nitrogens with zero attached hydrogens (tertiary/aromatic N) is 4. The van der Waals surface area contributed by atoms with E-state index >= 15 is 0 Å². The SMILES string of the molecule is CCCN(CC(=O)O)c1ncnc(OC)c1[N+](=O)[O-]. The Morgan fingerprint density at radius 3 is 2.74 bits per heavy atom. The topological polar surface area (TPSA) is 119 Å². The number of carbonyl (C=O) groups is 1. The fourth-order valence-electron chi connectivity index (χ4n) is 1.59. The van der Waals surface area contributed by atoms with Crippen LogP contribution in [0.25, 0.3) is 0 Å². The second-order valence-corrected chi connectivity index (χ2v) is 3.63. The molecule has 1 heterocycles. The second-order valence-electron chi connectivity index (χ2n) is 3.63. The molecular formula is C10H14N4O5. The molecular weight excluding hydrogens is 256 g/mol. The van der Waals surface area contributed by atoms with Crippen LogP contribution in [0.5, 0.6) is 5.88 Å². The van der Waals surface area contributed by atoms with Gasteiger partial charge in [0.05, 0.1) is 12.0 Å². The Hall–Kier alpha value is -2.45. The van der Waals surface area contributed by atoms with E-state index in [-0.39, 0.29) is 18.2 Å². The van der Waals surface area contributed by atoms with E-state index in [1.807, 2.05) is 6.92 Å². The number of rotatable bonds is 7. The predicted molar refractivity (Wildman–Crippen MR) is 65.4 cm³/mol. The van der Waals surface area contributed by atoms with Crippen molar-refractivity contribution in [3.63, 3.8) is 0 Å². The quantitative estimate of drug-likeness (QED) is 0.567. The molecule has 0 saturated heterocycles. The summed E-state index contributed by atoms with van der Waals surface area (Å²) in [5.74, 6) is -1.34. The van der Waals surface area contributed by atoms with E-state index in [1.165, 1.54) is 12.0 Å². The van der Waals surface area contributed by atoms with E-state index in [2.05, 4.69) is 9.97 Å². The third-order valence-electron chi connectivity index (χ3n) is 2.26. The summed E-state index contributed by atoms with van der Waals surface area (Å²) >= 11 is 0. The minimum Gasteiger partial charge on any atom is -0.480 e. The highest BCUT2D eigenvalue weighted by atomic mass is 16.6. The molecule has 0 aliphatic heterocycles. The summed E-state index contributed by atoms with van der Waals surface area (Å²) in [6.07, 6.45) is 1.72. The standard InChI is InChI=1S/C10H14N4O5/c1-3-4-13(5-7(15)16)9-8(14(17)18)10(19-2)12-6-11-9/h6H,3-5H2,1-2H3,(H,15,16). The second kappa shape index (κ2) is 6.47. The number of hydrogen-bond donors (Lipinski definition) is 1. The number of anilines is 1. The van der Waals surface area contributed by atoms with Crippen LogP contribution in [-0.2, 0) is 4.79 Å². The van der Waals surface area contributed by atoms with E-state index in [0.717, 1.165) is 6.33 Å². The summed E-state index contributed by atoms with van der Waals surface area (Å²) in [5, 5.41) is 19.9. The fourth-order valence-corrected chi connectivity index (χ4v) is 1.59. The molecule has 19 heavy (non-hydrogen) atoms. The van der Waals surface area contributed by atoms with Crippen molar-refractivity contribution in [3.05, 3.63) is 16.4 Å². The van der Waals surface area contributed by atoms with Gasteiger partial charge in [-0.05, 0) is 6.42 Å². The Morgan fingerprint density at radius 1 is 1.58 bits per heavy atom. The van der Waals surface area contributed by atoms with Gasteiger partial charge in [0.1, 0.15) is 12.9 Å². The maximum atomic E-state index is 11.1. The van der Waals surface area contributed by atoms with Crippen molar-refractivity contribution in [1.29, 1.82) is 0 Å². The first-order valence-electron chi connectivity index (χ1n) is 5.51. The van der Waals surface area contributed by atoms with Gasteiger partial charge in [-0.25, -0.2) is 4.98 Å². The zero-order valence-electron chi connectivity index (χ0n) is 10.6. The number of aromatic nitrogens is 2. The number of hydrogen-bond acceptors (Lipinski definition) is 7. The van der Waals surface area contributed by atoms with Crippen molar-refractivity contribution in [2.24, 2.45) is 0 Å². The lowest BCUT2D eigenvalue weighted by molar-refractivity contribution is -0.385. The van der Waals surface area contributed by atoms with Crippen LogP contribution in [0.15, 0.2) is 6.33 Å². The van der Waals surface area contributed by atoms with Gasteiger partial charge < -0.3 is 14.7 Å². The Bertz CT molecular complexity index is 479.